The molecule has 98 valence electrons. The number of hydrogen-bond donors (Lipinski definition) is 1. The molecule has 0 aliphatic heterocycles. The van der Waals surface area contributed by atoms with Crippen molar-refractivity contribution >= 4 is 11.9 Å². The molecule has 1 amide bonds. The molecule has 0 heterocycles. The molecule has 18 heavy (non-hydrogen) atoms. The van der Waals surface area contributed by atoms with E-state index in [0.29, 0.717) is 18.5 Å². The predicted molar refractivity (Wildman–Crippen MR) is 69.7 cm³/mol. The van der Waals surface area contributed by atoms with Gasteiger partial charge in [-0.25, -0.2) is 0 Å². The Morgan fingerprint density at radius 3 is 2.56 bits per heavy atom. The molecule has 1 aromatic rings. The third kappa shape index (κ3) is 3.87. The van der Waals surface area contributed by atoms with Gasteiger partial charge in [0, 0.05) is 25.6 Å². The molecule has 1 aromatic carbocycles. The van der Waals surface area contributed by atoms with Crippen molar-refractivity contribution in [3.8, 4) is 0 Å². The maximum Gasteiger partial charge on any atom is 0.303 e. The summed E-state index contributed by atoms with van der Waals surface area (Å²) in [5.74, 6) is -0.873. The number of carboxylic acids is 1. The van der Waals surface area contributed by atoms with Crippen LogP contribution in [0.25, 0.3) is 0 Å². The molecule has 0 aliphatic rings. The van der Waals surface area contributed by atoms with Crippen LogP contribution in [0.1, 0.15) is 35.7 Å². The second-order valence-electron chi connectivity index (χ2n) is 4.23. The van der Waals surface area contributed by atoms with Crippen LogP contribution in [-0.4, -0.2) is 35.5 Å². The topological polar surface area (TPSA) is 57.6 Å². The number of amides is 1. The van der Waals surface area contributed by atoms with Crippen molar-refractivity contribution < 1.29 is 14.7 Å². The lowest BCUT2D eigenvalue weighted by Crippen LogP contribution is -2.28. The van der Waals surface area contributed by atoms with E-state index in [9.17, 15) is 9.59 Å². The van der Waals surface area contributed by atoms with Gasteiger partial charge in [0.05, 0.1) is 0 Å². The fraction of sp³-hybridized carbons (Fsp3) is 0.429. The van der Waals surface area contributed by atoms with E-state index in [-0.39, 0.29) is 12.3 Å². The smallest absolute Gasteiger partial charge is 0.303 e. The Morgan fingerprint density at radius 1 is 1.28 bits per heavy atom. The quantitative estimate of drug-likeness (QED) is 0.840. The van der Waals surface area contributed by atoms with Crippen LogP contribution < -0.4 is 0 Å². The maximum absolute atomic E-state index is 12.2. The van der Waals surface area contributed by atoms with E-state index >= 15 is 0 Å². The highest BCUT2D eigenvalue weighted by Crippen LogP contribution is 2.12. The number of benzene rings is 1. The standard InChI is InChI=1S/C14H19NO3/c1-3-11-7-4-5-8-12(11)14(18)15(2)10-6-9-13(16)17/h4-5,7-8H,3,6,9-10H2,1-2H3,(H,16,17). The molecule has 0 unspecified atom stereocenters. The highest BCUT2D eigenvalue weighted by Gasteiger charge is 2.14. The van der Waals surface area contributed by atoms with Crippen molar-refractivity contribution in [1.82, 2.24) is 4.90 Å². The van der Waals surface area contributed by atoms with Crippen molar-refractivity contribution in [1.29, 1.82) is 0 Å². The molecular formula is C14H19NO3. The molecule has 0 fully saturated rings. The molecule has 1 rings (SSSR count). The number of aryl methyl sites for hydroxylation is 1. The lowest BCUT2D eigenvalue weighted by molar-refractivity contribution is -0.137. The molecule has 1 N–H and O–H groups in total. The first-order valence-corrected chi connectivity index (χ1v) is 6.11. The average Bonchev–Trinajstić information content (AvgIpc) is 2.37. The lowest BCUT2D eigenvalue weighted by atomic mass is 10.0. The summed E-state index contributed by atoms with van der Waals surface area (Å²) in [6.45, 7) is 2.47. The minimum Gasteiger partial charge on any atom is -0.481 e. The summed E-state index contributed by atoms with van der Waals surface area (Å²) in [5.41, 5.74) is 1.73. The van der Waals surface area contributed by atoms with Crippen LogP contribution in [0.15, 0.2) is 24.3 Å². The fourth-order valence-corrected chi connectivity index (χ4v) is 1.81. The summed E-state index contributed by atoms with van der Waals surface area (Å²) in [6.07, 6.45) is 1.38. The third-order valence-electron chi connectivity index (χ3n) is 2.86. The average molecular weight is 249 g/mol. The first kappa shape index (κ1) is 14.2. The summed E-state index contributed by atoms with van der Waals surface area (Å²) < 4.78 is 0. The van der Waals surface area contributed by atoms with E-state index in [1.165, 1.54) is 0 Å². The van der Waals surface area contributed by atoms with E-state index in [2.05, 4.69) is 0 Å². The highest BCUT2D eigenvalue weighted by atomic mass is 16.4. The Bertz CT molecular complexity index is 429. The maximum atomic E-state index is 12.2. The number of hydrogen-bond acceptors (Lipinski definition) is 2. The molecule has 4 nitrogen and oxygen atoms in total. The fourth-order valence-electron chi connectivity index (χ4n) is 1.81. The minimum atomic E-state index is -0.829. The van der Waals surface area contributed by atoms with Gasteiger partial charge in [0.2, 0.25) is 0 Å². The van der Waals surface area contributed by atoms with E-state index in [4.69, 9.17) is 5.11 Å². The molecule has 0 bridgehead atoms. The van der Waals surface area contributed by atoms with Gasteiger partial charge in [-0.15, -0.1) is 0 Å². The number of rotatable bonds is 6. The minimum absolute atomic E-state index is 0.0437. The normalized spacial score (nSPS) is 10.1. The number of carbonyl (C=O) groups is 2. The van der Waals surface area contributed by atoms with Crippen LogP contribution in [0.3, 0.4) is 0 Å². The van der Waals surface area contributed by atoms with Gasteiger partial charge in [-0.05, 0) is 24.5 Å². The Labute approximate surface area is 107 Å². The van der Waals surface area contributed by atoms with Crippen LogP contribution in [0.2, 0.25) is 0 Å². The van der Waals surface area contributed by atoms with E-state index < -0.39 is 5.97 Å². The molecular weight excluding hydrogens is 230 g/mol. The van der Waals surface area contributed by atoms with Crippen molar-refractivity contribution in [3.63, 3.8) is 0 Å². The van der Waals surface area contributed by atoms with Crippen LogP contribution >= 0.6 is 0 Å². The van der Waals surface area contributed by atoms with Gasteiger partial charge in [-0.2, -0.15) is 0 Å². The van der Waals surface area contributed by atoms with E-state index in [1.54, 1.807) is 11.9 Å². The van der Waals surface area contributed by atoms with Gasteiger partial charge in [0.1, 0.15) is 0 Å². The number of aliphatic carboxylic acids is 1. The summed E-state index contributed by atoms with van der Waals surface area (Å²) >= 11 is 0. The highest BCUT2D eigenvalue weighted by molar-refractivity contribution is 5.95. The van der Waals surface area contributed by atoms with E-state index in [0.717, 1.165) is 12.0 Å². The van der Waals surface area contributed by atoms with Crippen molar-refractivity contribution in [2.75, 3.05) is 13.6 Å². The molecule has 4 heteroatoms. The molecule has 0 aromatic heterocycles. The van der Waals surface area contributed by atoms with Gasteiger partial charge >= 0.3 is 5.97 Å². The number of nitrogens with zero attached hydrogens (tertiary/aromatic N) is 1. The first-order valence-electron chi connectivity index (χ1n) is 6.11. The number of carboxylic acid groups (broad SMARTS) is 1. The van der Waals surface area contributed by atoms with Gasteiger partial charge in [-0.3, -0.25) is 9.59 Å². The van der Waals surface area contributed by atoms with Crippen LogP contribution in [0, 0.1) is 0 Å². The van der Waals surface area contributed by atoms with Gasteiger partial charge in [0.25, 0.3) is 5.91 Å². The Kier molecular flexibility index (Phi) is 5.36. The van der Waals surface area contributed by atoms with Gasteiger partial charge in [0.15, 0.2) is 0 Å². The second-order valence-corrected chi connectivity index (χ2v) is 4.23. The monoisotopic (exact) mass is 249 g/mol. The second kappa shape index (κ2) is 6.79. The van der Waals surface area contributed by atoms with Crippen LogP contribution in [0.4, 0.5) is 0 Å². The van der Waals surface area contributed by atoms with Crippen LogP contribution in [-0.2, 0) is 11.2 Å². The predicted octanol–water partition coefficient (Wildman–Crippen LogP) is 2.19. The summed E-state index contributed by atoms with van der Waals surface area (Å²) in [5, 5.41) is 8.56. The first-order chi connectivity index (χ1) is 8.56. The Morgan fingerprint density at radius 2 is 1.94 bits per heavy atom. The zero-order chi connectivity index (χ0) is 13.5. The van der Waals surface area contributed by atoms with Gasteiger partial charge < -0.3 is 10.0 Å². The molecule has 0 radical (unpaired) electrons. The van der Waals surface area contributed by atoms with Crippen molar-refractivity contribution in [2.24, 2.45) is 0 Å². The largest absolute Gasteiger partial charge is 0.481 e. The molecule has 0 spiro atoms. The summed E-state index contributed by atoms with van der Waals surface area (Å²) in [6, 6.07) is 7.52. The SMILES string of the molecule is CCc1ccccc1C(=O)N(C)CCCC(=O)O. The summed E-state index contributed by atoms with van der Waals surface area (Å²) in [7, 11) is 1.70. The Hall–Kier alpha value is -1.84. The third-order valence-corrected chi connectivity index (χ3v) is 2.86. The zero-order valence-electron chi connectivity index (χ0n) is 10.8. The van der Waals surface area contributed by atoms with Crippen molar-refractivity contribution in [2.45, 2.75) is 26.2 Å². The number of carbonyl (C=O) groups excluding carboxylic acids is 1. The van der Waals surface area contributed by atoms with Crippen molar-refractivity contribution in [3.05, 3.63) is 35.4 Å². The molecule has 0 aliphatic carbocycles. The lowest BCUT2D eigenvalue weighted by Gasteiger charge is -2.18. The molecule has 0 atom stereocenters. The van der Waals surface area contributed by atoms with E-state index in [1.807, 2.05) is 31.2 Å². The zero-order valence-corrected chi connectivity index (χ0v) is 10.8. The van der Waals surface area contributed by atoms with Gasteiger partial charge in [-0.1, -0.05) is 25.1 Å². The Balaban J connectivity index is 2.65. The summed E-state index contributed by atoms with van der Waals surface area (Å²) in [4.78, 5) is 24.2. The molecule has 0 saturated carbocycles. The molecule has 0 saturated heterocycles. The van der Waals surface area contributed by atoms with Crippen LogP contribution in [0.5, 0.6) is 0 Å².